The van der Waals surface area contributed by atoms with E-state index in [0.29, 0.717) is 13.1 Å². The maximum Gasteiger partial charge on any atom is 0.318 e. The van der Waals surface area contributed by atoms with Gasteiger partial charge in [0.15, 0.2) is 0 Å². The fourth-order valence-electron chi connectivity index (χ4n) is 3.97. The average Bonchev–Trinajstić information content (AvgIpc) is 3.36. The number of hydrogen-bond acceptors (Lipinski definition) is 2. The molecule has 5 nitrogen and oxygen atoms in total. The predicted molar refractivity (Wildman–Crippen MR) is 104 cm³/mol. The largest absolute Gasteiger partial charge is 0.336 e. The standard InChI is InChI=1S/C22H21FN4O/c23-16-7-5-15(6-8-16)13-26(17-9-10-17)22(28)25-12-21-19-4-2-1-3-18(19)20-11-24-14-27(20)21/h1-8,11,14,17,21H,9-10,12-13H2,(H,25,28)/t21-/m0/s1. The first-order valence-corrected chi connectivity index (χ1v) is 9.61. The summed E-state index contributed by atoms with van der Waals surface area (Å²) in [5.74, 6) is -0.262. The number of aromatic nitrogens is 2. The normalized spacial score (nSPS) is 17.1. The van der Waals surface area contributed by atoms with E-state index in [1.807, 2.05) is 29.6 Å². The number of imidazole rings is 1. The molecule has 1 saturated carbocycles. The minimum Gasteiger partial charge on any atom is -0.336 e. The third-order valence-electron chi connectivity index (χ3n) is 5.56. The van der Waals surface area contributed by atoms with Gasteiger partial charge in [-0.25, -0.2) is 14.2 Å². The van der Waals surface area contributed by atoms with Crippen LogP contribution in [0.5, 0.6) is 0 Å². The van der Waals surface area contributed by atoms with Gasteiger partial charge < -0.3 is 14.8 Å². The molecule has 2 aliphatic rings. The van der Waals surface area contributed by atoms with Crippen molar-refractivity contribution in [2.45, 2.75) is 31.5 Å². The van der Waals surface area contributed by atoms with E-state index in [0.717, 1.165) is 24.1 Å². The molecule has 0 bridgehead atoms. The van der Waals surface area contributed by atoms with E-state index in [1.54, 1.807) is 12.1 Å². The fourth-order valence-corrected chi connectivity index (χ4v) is 3.97. The number of carbonyl (C=O) groups excluding carboxylic acids is 1. The Morgan fingerprint density at radius 2 is 1.96 bits per heavy atom. The molecule has 1 N–H and O–H groups in total. The van der Waals surface area contributed by atoms with Crippen molar-refractivity contribution in [2.24, 2.45) is 0 Å². The lowest BCUT2D eigenvalue weighted by Gasteiger charge is -2.24. The molecule has 1 fully saturated rings. The SMILES string of the molecule is O=C(NC[C@H]1c2ccccc2-c2cncn21)N(Cc1ccc(F)cc1)C1CC1. The van der Waals surface area contributed by atoms with Crippen molar-refractivity contribution < 1.29 is 9.18 Å². The molecule has 1 aliphatic carbocycles. The van der Waals surface area contributed by atoms with Crippen LogP contribution in [-0.4, -0.2) is 33.1 Å². The number of hydrogen-bond donors (Lipinski definition) is 1. The van der Waals surface area contributed by atoms with Gasteiger partial charge in [-0.1, -0.05) is 36.4 Å². The summed E-state index contributed by atoms with van der Waals surface area (Å²) in [6, 6.07) is 14.8. The monoisotopic (exact) mass is 376 g/mol. The molecule has 2 amide bonds. The second-order valence-electron chi connectivity index (χ2n) is 7.46. The molecule has 3 aromatic rings. The highest BCUT2D eigenvalue weighted by molar-refractivity contribution is 5.75. The summed E-state index contributed by atoms with van der Waals surface area (Å²) in [5.41, 5.74) is 4.40. The van der Waals surface area contributed by atoms with Crippen LogP contribution in [0.2, 0.25) is 0 Å². The third-order valence-corrected chi connectivity index (χ3v) is 5.56. The van der Waals surface area contributed by atoms with Gasteiger partial charge in [-0.05, 0) is 36.1 Å². The van der Waals surface area contributed by atoms with E-state index in [2.05, 4.69) is 27.0 Å². The lowest BCUT2D eigenvalue weighted by molar-refractivity contribution is 0.191. The van der Waals surface area contributed by atoms with E-state index in [1.165, 1.54) is 23.3 Å². The minimum absolute atomic E-state index is 0.0459. The highest BCUT2D eigenvalue weighted by Crippen LogP contribution is 2.38. The quantitative estimate of drug-likeness (QED) is 0.733. The number of urea groups is 1. The average molecular weight is 376 g/mol. The van der Waals surface area contributed by atoms with Gasteiger partial charge >= 0.3 is 6.03 Å². The number of nitrogens with zero attached hydrogens (tertiary/aromatic N) is 3. The second-order valence-corrected chi connectivity index (χ2v) is 7.46. The van der Waals surface area contributed by atoms with Gasteiger partial charge in [0.25, 0.3) is 0 Å². The minimum atomic E-state index is -0.262. The van der Waals surface area contributed by atoms with E-state index in [9.17, 15) is 9.18 Å². The van der Waals surface area contributed by atoms with Crippen LogP contribution in [0.3, 0.4) is 0 Å². The molecule has 6 heteroatoms. The Kier molecular flexibility index (Phi) is 4.11. The van der Waals surface area contributed by atoms with E-state index >= 15 is 0 Å². The lowest BCUT2D eigenvalue weighted by atomic mass is 10.0. The molecule has 1 atom stereocenters. The molecule has 1 aromatic heterocycles. The summed E-state index contributed by atoms with van der Waals surface area (Å²) in [7, 11) is 0. The summed E-state index contributed by atoms with van der Waals surface area (Å²) >= 11 is 0. The van der Waals surface area contributed by atoms with E-state index in [4.69, 9.17) is 0 Å². The van der Waals surface area contributed by atoms with Crippen molar-refractivity contribution in [1.82, 2.24) is 19.8 Å². The molecule has 2 heterocycles. The van der Waals surface area contributed by atoms with Crippen LogP contribution >= 0.6 is 0 Å². The Morgan fingerprint density at radius 3 is 2.75 bits per heavy atom. The Bertz CT molecular complexity index is 1010. The summed E-state index contributed by atoms with van der Waals surface area (Å²) in [6.45, 7) is 1.00. The van der Waals surface area contributed by atoms with Crippen LogP contribution in [-0.2, 0) is 6.54 Å². The van der Waals surface area contributed by atoms with Crippen LogP contribution in [0.1, 0.15) is 30.0 Å². The zero-order valence-electron chi connectivity index (χ0n) is 15.4. The number of halogens is 1. The molecule has 142 valence electrons. The molecule has 0 saturated heterocycles. The van der Waals surface area contributed by atoms with Crippen molar-refractivity contribution >= 4 is 6.03 Å². The zero-order chi connectivity index (χ0) is 19.1. The Hall–Kier alpha value is -3.15. The van der Waals surface area contributed by atoms with Gasteiger partial charge in [-0.2, -0.15) is 0 Å². The molecular weight excluding hydrogens is 355 g/mol. The van der Waals surface area contributed by atoms with Crippen LogP contribution in [0.25, 0.3) is 11.3 Å². The number of nitrogens with one attached hydrogen (secondary N) is 1. The molecular formula is C22H21FN4O. The summed E-state index contributed by atoms with van der Waals surface area (Å²) in [6.07, 6.45) is 5.73. The van der Waals surface area contributed by atoms with Crippen molar-refractivity contribution in [3.05, 3.63) is 78.0 Å². The Balaban J connectivity index is 1.30. The highest BCUT2D eigenvalue weighted by Gasteiger charge is 2.34. The summed E-state index contributed by atoms with van der Waals surface area (Å²) < 4.78 is 15.3. The van der Waals surface area contributed by atoms with Crippen LogP contribution < -0.4 is 5.32 Å². The van der Waals surface area contributed by atoms with Crippen molar-refractivity contribution in [3.63, 3.8) is 0 Å². The van der Waals surface area contributed by atoms with Gasteiger partial charge in [0, 0.05) is 24.7 Å². The molecule has 1 aliphatic heterocycles. The maximum atomic E-state index is 13.2. The number of benzene rings is 2. The Labute approximate surface area is 162 Å². The van der Waals surface area contributed by atoms with Gasteiger partial charge in [0.2, 0.25) is 0 Å². The third kappa shape index (κ3) is 3.05. The van der Waals surface area contributed by atoms with Gasteiger partial charge in [0.05, 0.1) is 24.3 Å². The first kappa shape index (κ1) is 17.0. The number of rotatable bonds is 5. The first-order valence-electron chi connectivity index (χ1n) is 9.61. The smallest absolute Gasteiger partial charge is 0.318 e. The lowest BCUT2D eigenvalue weighted by Crippen LogP contribution is -2.42. The van der Waals surface area contributed by atoms with Crippen molar-refractivity contribution in [3.8, 4) is 11.3 Å². The van der Waals surface area contributed by atoms with Crippen LogP contribution in [0, 0.1) is 5.82 Å². The molecule has 28 heavy (non-hydrogen) atoms. The molecule has 0 unspecified atom stereocenters. The highest BCUT2D eigenvalue weighted by atomic mass is 19.1. The van der Waals surface area contributed by atoms with Gasteiger partial charge in [-0.15, -0.1) is 0 Å². The van der Waals surface area contributed by atoms with Crippen LogP contribution in [0.15, 0.2) is 61.1 Å². The Morgan fingerprint density at radius 1 is 1.18 bits per heavy atom. The van der Waals surface area contributed by atoms with E-state index < -0.39 is 0 Å². The second kappa shape index (κ2) is 6.78. The number of carbonyl (C=O) groups is 1. The number of amides is 2. The maximum absolute atomic E-state index is 13.2. The molecule has 2 aromatic carbocycles. The topological polar surface area (TPSA) is 50.2 Å². The van der Waals surface area contributed by atoms with Crippen LogP contribution in [0.4, 0.5) is 9.18 Å². The predicted octanol–water partition coefficient (Wildman–Crippen LogP) is 3.97. The van der Waals surface area contributed by atoms with Crippen molar-refractivity contribution in [2.75, 3.05) is 6.54 Å². The van der Waals surface area contributed by atoms with E-state index in [-0.39, 0.29) is 23.9 Å². The summed E-state index contributed by atoms with van der Waals surface area (Å²) in [5, 5.41) is 3.11. The first-order chi connectivity index (χ1) is 13.7. The fraction of sp³-hybridized carbons (Fsp3) is 0.273. The zero-order valence-corrected chi connectivity index (χ0v) is 15.4. The van der Waals surface area contributed by atoms with Crippen molar-refractivity contribution in [1.29, 1.82) is 0 Å². The molecule has 0 spiro atoms. The summed E-state index contributed by atoms with van der Waals surface area (Å²) in [4.78, 5) is 19.1. The van der Waals surface area contributed by atoms with Gasteiger partial charge in [0.1, 0.15) is 5.82 Å². The van der Waals surface area contributed by atoms with Gasteiger partial charge in [-0.3, -0.25) is 0 Å². The number of fused-ring (bicyclic) bond motifs is 3. The molecule has 0 radical (unpaired) electrons. The molecule has 5 rings (SSSR count).